The van der Waals surface area contributed by atoms with Crippen LogP contribution in [0.3, 0.4) is 0 Å². The first kappa shape index (κ1) is 13.0. The number of aliphatic hydroxyl groups excluding tert-OH is 1. The average Bonchev–Trinajstić information content (AvgIpc) is 2.27. The van der Waals surface area contributed by atoms with Gasteiger partial charge in [-0.1, -0.05) is 13.0 Å². The highest BCUT2D eigenvalue weighted by atomic mass is 32.2. The van der Waals surface area contributed by atoms with E-state index in [4.69, 9.17) is 5.11 Å². The lowest BCUT2D eigenvalue weighted by Gasteiger charge is -2.07. The largest absolute Gasteiger partial charge is 0.396 e. The standard InChI is InChI=1S/C11H15NO3S/c1-8(6-13)7-16-10-4-3-9(2)11(5-10)12(14)15/h3-5,8,13H,6-7H2,1-2H3. The zero-order valence-electron chi connectivity index (χ0n) is 9.34. The van der Waals surface area contributed by atoms with E-state index in [9.17, 15) is 10.1 Å². The molecule has 0 aliphatic carbocycles. The fourth-order valence-corrected chi connectivity index (χ4v) is 2.11. The summed E-state index contributed by atoms with van der Waals surface area (Å²) in [7, 11) is 0. The summed E-state index contributed by atoms with van der Waals surface area (Å²) >= 11 is 1.53. The Morgan fingerprint density at radius 3 is 2.81 bits per heavy atom. The fraction of sp³-hybridized carbons (Fsp3) is 0.455. The Labute approximate surface area is 98.8 Å². The second-order valence-electron chi connectivity index (χ2n) is 3.80. The summed E-state index contributed by atoms with van der Waals surface area (Å²) in [5.74, 6) is 0.960. The lowest BCUT2D eigenvalue weighted by atomic mass is 10.2. The van der Waals surface area contributed by atoms with Gasteiger partial charge in [-0.2, -0.15) is 0 Å². The molecule has 1 unspecified atom stereocenters. The van der Waals surface area contributed by atoms with E-state index in [1.807, 2.05) is 13.0 Å². The van der Waals surface area contributed by atoms with Crippen molar-refractivity contribution in [2.75, 3.05) is 12.4 Å². The third-order valence-electron chi connectivity index (χ3n) is 2.22. The van der Waals surface area contributed by atoms with Crippen LogP contribution in [0.15, 0.2) is 23.1 Å². The second-order valence-corrected chi connectivity index (χ2v) is 4.90. The van der Waals surface area contributed by atoms with Gasteiger partial charge in [-0.3, -0.25) is 10.1 Å². The quantitative estimate of drug-likeness (QED) is 0.489. The Balaban J connectivity index is 2.75. The van der Waals surface area contributed by atoms with Gasteiger partial charge in [-0.25, -0.2) is 0 Å². The molecular formula is C11H15NO3S. The van der Waals surface area contributed by atoms with Gasteiger partial charge < -0.3 is 5.11 Å². The van der Waals surface area contributed by atoms with Crippen LogP contribution in [0.1, 0.15) is 12.5 Å². The molecule has 4 nitrogen and oxygen atoms in total. The molecule has 0 heterocycles. The molecule has 16 heavy (non-hydrogen) atoms. The number of nitrogens with zero attached hydrogens (tertiary/aromatic N) is 1. The number of aryl methyl sites for hydroxylation is 1. The monoisotopic (exact) mass is 241 g/mol. The summed E-state index contributed by atoms with van der Waals surface area (Å²) in [4.78, 5) is 11.2. The molecular weight excluding hydrogens is 226 g/mol. The molecule has 0 aromatic heterocycles. The summed E-state index contributed by atoms with van der Waals surface area (Å²) in [5.41, 5.74) is 0.825. The number of rotatable bonds is 5. The van der Waals surface area contributed by atoms with Crippen LogP contribution in [0.5, 0.6) is 0 Å². The zero-order chi connectivity index (χ0) is 12.1. The normalized spacial score (nSPS) is 12.4. The van der Waals surface area contributed by atoms with Gasteiger partial charge in [0.1, 0.15) is 0 Å². The molecule has 0 saturated carbocycles. The first-order valence-corrected chi connectivity index (χ1v) is 6.02. The van der Waals surface area contributed by atoms with Crippen LogP contribution in [-0.4, -0.2) is 22.4 Å². The Bertz CT molecular complexity index is 381. The Hall–Kier alpha value is -1.07. The van der Waals surface area contributed by atoms with E-state index in [-0.39, 0.29) is 23.1 Å². The van der Waals surface area contributed by atoms with Gasteiger partial charge >= 0.3 is 0 Å². The van der Waals surface area contributed by atoms with Gasteiger partial charge in [0.2, 0.25) is 0 Å². The number of hydrogen-bond donors (Lipinski definition) is 1. The number of nitro benzene ring substituents is 1. The first-order chi connectivity index (χ1) is 7.54. The highest BCUT2D eigenvalue weighted by Crippen LogP contribution is 2.27. The van der Waals surface area contributed by atoms with Crippen molar-refractivity contribution in [2.45, 2.75) is 18.7 Å². The molecule has 1 aromatic rings. The lowest BCUT2D eigenvalue weighted by molar-refractivity contribution is -0.385. The van der Waals surface area contributed by atoms with E-state index >= 15 is 0 Å². The molecule has 5 heteroatoms. The molecule has 1 rings (SSSR count). The summed E-state index contributed by atoms with van der Waals surface area (Å²) in [6, 6.07) is 5.21. The number of thioether (sulfide) groups is 1. The summed E-state index contributed by atoms with van der Waals surface area (Å²) in [6.07, 6.45) is 0. The van der Waals surface area contributed by atoms with Gasteiger partial charge in [0.25, 0.3) is 5.69 Å². The smallest absolute Gasteiger partial charge is 0.273 e. The van der Waals surface area contributed by atoms with E-state index < -0.39 is 0 Å². The molecule has 0 saturated heterocycles. The highest BCUT2D eigenvalue weighted by Gasteiger charge is 2.11. The molecule has 0 amide bonds. The predicted molar refractivity (Wildman–Crippen MR) is 64.8 cm³/mol. The van der Waals surface area contributed by atoms with E-state index in [1.54, 1.807) is 19.1 Å². The minimum atomic E-state index is -0.366. The van der Waals surface area contributed by atoms with Gasteiger partial charge in [-0.05, 0) is 18.9 Å². The Morgan fingerprint density at radius 1 is 1.56 bits per heavy atom. The fourth-order valence-electron chi connectivity index (χ4n) is 1.17. The van der Waals surface area contributed by atoms with E-state index in [0.717, 1.165) is 10.6 Å². The van der Waals surface area contributed by atoms with E-state index in [1.165, 1.54) is 11.8 Å². The maximum Gasteiger partial charge on any atom is 0.273 e. The predicted octanol–water partition coefficient (Wildman–Crippen LogP) is 2.62. The van der Waals surface area contributed by atoms with Crippen molar-refractivity contribution >= 4 is 17.4 Å². The molecule has 1 atom stereocenters. The van der Waals surface area contributed by atoms with Crippen molar-refractivity contribution in [3.63, 3.8) is 0 Å². The van der Waals surface area contributed by atoms with E-state index in [0.29, 0.717) is 5.56 Å². The van der Waals surface area contributed by atoms with Crippen LogP contribution in [0.2, 0.25) is 0 Å². The number of aliphatic hydroxyl groups is 1. The van der Waals surface area contributed by atoms with Gasteiger partial charge in [0.05, 0.1) is 4.92 Å². The molecule has 0 spiro atoms. The maximum absolute atomic E-state index is 10.7. The first-order valence-electron chi connectivity index (χ1n) is 5.03. The third kappa shape index (κ3) is 3.50. The Kier molecular flexibility index (Phi) is 4.76. The number of hydrogen-bond acceptors (Lipinski definition) is 4. The molecule has 1 N–H and O–H groups in total. The molecule has 1 aromatic carbocycles. The lowest BCUT2D eigenvalue weighted by Crippen LogP contribution is -2.03. The average molecular weight is 241 g/mol. The van der Waals surface area contributed by atoms with Crippen LogP contribution in [0.4, 0.5) is 5.69 Å². The molecule has 88 valence electrons. The maximum atomic E-state index is 10.7. The molecule has 0 bridgehead atoms. The zero-order valence-corrected chi connectivity index (χ0v) is 10.2. The van der Waals surface area contributed by atoms with Gasteiger partial charge in [-0.15, -0.1) is 11.8 Å². The molecule has 0 aliphatic rings. The topological polar surface area (TPSA) is 63.4 Å². The van der Waals surface area contributed by atoms with Crippen LogP contribution in [0, 0.1) is 23.0 Å². The van der Waals surface area contributed by atoms with Crippen molar-refractivity contribution in [1.29, 1.82) is 0 Å². The van der Waals surface area contributed by atoms with E-state index in [2.05, 4.69) is 0 Å². The third-order valence-corrected chi connectivity index (χ3v) is 3.55. The van der Waals surface area contributed by atoms with Crippen molar-refractivity contribution in [3.05, 3.63) is 33.9 Å². The minimum Gasteiger partial charge on any atom is -0.396 e. The molecule has 0 fully saturated rings. The van der Waals surface area contributed by atoms with Gasteiger partial charge in [0, 0.05) is 28.9 Å². The van der Waals surface area contributed by atoms with Gasteiger partial charge in [0.15, 0.2) is 0 Å². The second kappa shape index (κ2) is 5.86. The van der Waals surface area contributed by atoms with Crippen molar-refractivity contribution in [3.8, 4) is 0 Å². The van der Waals surface area contributed by atoms with Crippen molar-refractivity contribution < 1.29 is 10.0 Å². The molecule has 0 radical (unpaired) electrons. The van der Waals surface area contributed by atoms with Crippen LogP contribution in [-0.2, 0) is 0 Å². The van der Waals surface area contributed by atoms with Crippen LogP contribution in [0.25, 0.3) is 0 Å². The van der Waals surface area contributed by atoms with Crippen LogP contribution < -0.4 is 0 Å². The molecule has 0 aliphatic heterocycles. The van der Waals surface area contributed by atoms with Crippen molar-refractivity contribution in [2.24, 2.45) is 5.92 Å². The Morgan fingerprint density at radius 2 is 2.25 bits per heavy atom. The SMILES string of the molecule is Cc1ccc(SCC(C)CO)cc1[N+](=O)[O-]. The highest BCUT2D eigenvalue weighted by molar-refractivity contribution is 7.99. The number of benzene rings is 1. The summed E-state index contributed by atoms with van der Waals surface area (Å²) in [5, 5.41) is 19.6. The van der Waals surface area contributed by atoms with Crippen LogP contribution >= 0.6 is 11.8 Å². The minimum absolute atomic E-state index is 0.140. The summed E-state index contributed by atoms with van der Waals surface area (Å²) < 4.78 is 0. The summed E-state index contributed by atoms with van der Waals surface area (Å²) in [6.45, 7) is 3.81. The number of nitro groups is 1. The van der Waals surface area contributed by atoms with Crippen molar-refractivity contribution in [1.82, 2.24) is 0 Å².